The monoisotopic (exact) mass is 763 g/mol. The van der Waals surface area contributed by atoms with Gasteiger partial charge in [-0.05, 0) is 154 Å². The van der Waals surface area contributed by atoms with E-state index in [-0.39, 0.29) is 81.2 Å². The number of aliphatic carboxylic acids is 1. The van der Waals surface area contributed by atoms with Crippen molar-refractivity contribution in [3.8, 4) is 0 Å². The zero-order chi connectivity index (χ0) is 39.9. The second-order valence-corrected chi connectivity index (χ2v) is 21.9. The van der Waals surface area contributed by atoms with Crippen LogP contribution in [-0.2, 0) is 23.9 Å². The SMILES string of the molecule is C=C(C)[C@@H]1CC[C@]2(C(=O)N[C@H]3C[C@@H](C(=O)N4CCCCC4)C3(C)C)CC[C@]3(C)[C@H](CC[C@@H]4[C@@]5(C)CC[C@H](OC(=O)CCCC(=O)O)C(C)(C)[C@@H]5CC[C@]43C)[C@@H]12. The van der Waals surface area contributed by atoms with Crippen LogP contribution in [0.2, 0.25) is 0 Å². The maximum absolute atomic E-state index is 15.0. The van der Waals surface area contributed by atoms with Gasteiger partial charge in [-0.2, -0.15) is 0 Å². The number of carboxylic acids is 1. The van der Waals surface area contributed by atoms with Crippen molar-refractivity contribution in [3.05, 3.63) is 12.2 Å². The zero-order valence-corrected chi connectivity index (χ0v) is 35.7. The summed E-state index contributed by atoms with van der Waals surface area (Å²) in [7, 11) is 0. The van der Waals surface area contributed by atoms with Crippen molar-refractivity contribution < 1.29 is 29.0 Å². The van der Waals surface area contributed by atoms with E-state index in [1.165, 1.54) is 18.4 Å². The summed E-state index contributed by atoms with van der Waals surface area (Å²) in [5.74, 6) is 1.47. The molecule has 0 radical (unpaired) electrons. The number of allylic oxidation sites excluding steroid dienone is 1. The molecule has 8 heteroatoms. The van der Waals surface area contributed by atoms with E-state index in [4.69, 9.17) is 9.84 Å². The topological polar surface area (TPSA) is 113 Å². The Morgan fingerprint density at radius 2 is 1.49 bits per heavy atom. The van der Waals surface area contributed by atoms with Gasteiger partial charge in [-0.3, -0.25) is 19.2 Å². The minimum absolute atomic E-state index is 0.0100. The van der Waals surface area contributed by atoms with E-state index in [0.29, 0.717) is 36.0 Å². The smallest absolute Gasteiger partial charge is 0.306 e. The van der Waals surface area contributed by atoms with Gasteiger partial charge in [0.25, 0.3) is 0 Å². The molecule has 2 amide bonds. The Hall–Kier alpha value is -2.38. The van der Waals surface area contributed by atoms with E-state index in [1.54, 1.807) is 0 Å². The molecule has 7 fully saturated rings. The van der Waals surface area contributed by atoms with Gasteiger partial charge in [0.1, 0.15) is 6.10 Å². The first kappa shape index (κ1) is 40.8. The molecule has 308 valence electrons. The Morgan fingerprint density at radius 3 is 2.15 bits per heavy atom. The molecule has 2 N–H and O–H groups in total. The van der Waals surface area contributed by atoms with Crippen LogP contribution in [-0.4, -0.2) is 59.0 Å². The number of rotatable bonds is 9. The maximum Gasteiger partial charge on any atom is 0.306 e. The summed E-state index contributed by atoms with van der Waals surface area (Å²) >= 11 is 0. The first-order chi connectivity index (χ1) is 25.7. The number of hydrogen-bond donors (Lipinski definition) is 2. The van der Waals surface area contributed by atoms with Crippen LogP contribution >= 0.6 is 0 Å². The van der Waals surface area contributed by atoms with Crippen LogP contribution in [0.25, 0.3) is 0 Å². The van der Waals surface area contributed by atoms with Gasteiger partial charge in [-0.1, -0.05) is 60.6 Å². The lowest BCUT2D eigenvalue weighted by atomic mass is 9.32. The lowest BCUT2D eigenvalue weighted by Gasteiger charge is -2.73. The predicted molar refractivity (Wildman–Crippen MR) is 215 cm³/mol. The van der Waals surface area contributed by atoms with Gasteiger partial charge in [-0.25, -0.2) is 0 Å². The minimum Gasteiger partial charge on any atom is -0.481 e. The third-order valence-corrected chi connectivity index (χ3v) is 19.0. The van der Waals surface area contributed by atoms with Crippen LogP contribution in [0.4, 0.5) is 0 Å². The minimum atomic E-state index is -0.877. The highest BCUT2D eigenvalue weighted by Gasteiger charge is 2.72. The molecule has 0 aromatic carbocycles. The summed E-state index contributed by atoms with van der Waals surface area (Å²) in [6, 6.07) is 0.0249. The number of nitrogens with zero attached hydrogens (tertiary/aromatic N) is 1. The maximum atomic E-state index is 15.0. The normalized spacial score (nSPS) is 44.0. The summed E-state index contributed by atoms with van der Waals surface area (Å²) in [5.41, 5.74) is 0.805. The standard InChI is InChI=1S/C47H74N2O6/c1-29(2)30-18-23-47(41(54)48-35-28-32(42(35,3)4)40(53)49-26-11-10-12-27-49)25-24-45(8)31(39(30)47)16-17-34-44(7)21-20-36(55-38(52)15-13-14-37(50)51)43(5,6)33(44)19-22-46(34,45)9/h30-36,39H,1,10-28H2,2-9H3,(H,48,54)(H,50,51)/t30-,31+,32-,33-,34+,35-,36-,39+,44-,45+,46+,47-/m0/s1. The summed E-state index contributed by atoms with van der Waals surface area (Å²) in [5, 5.41) is 12.7. The predicted octanol–water partition coefficient (Wildman–Crippen LogP) is 9.35. The molecule has 12 atom stereocenters. The summed E-state index contributed by atoms with van der Waals surface area (Å²) in [6.45, 7) is 25.4. The fourth-order valence-corrected chi connectivity index (χ4v) is 15.5. The van der Waals surface area contributed by atoms with Crippen LogP contribution < -0.4 is 5.32 Å². The quantitative estimate of drug-likeness (QED) is 0.179. The van der Waals surface area contributed by atoms with Gasteiger partial charge in [0.15, 0.2) is 0 Å². The number of carboxylic acid groups (broad SMARTS) is 1. The molecule has 7 aliphatic rings. The van der Waals surface area contributed by atoms with E-state index >= 15 is 0 Å². The number of carbonyl (C=O) groups excluding carboxylic acids is 3. The second-order valence-electron chi connectivity index (χ2n) is 21.9. The number of fused-ring (bicyclic) bond motifs is 7. The largest absolute Gasteiger partial charge is 0.481 e. The summed E-state index contributed by atoms with van der Waals surface area (Å²) < 4.78 is 6.17. The summed E-state index contributed by atoms with van der Waals surface area (Å²) in [6.07, 6.45) is 14.9. The van der Waals surface area contributed by atoms with Crippen molar-refractivity contribution in [2.24, 2.45) is 68.0 Å². The molecule has 0 aromatic heterocycles. The molecule has 0 unspecified atom stereocenters. The Morgan fingerprint density at radius 1 is 0.782 bits per heavy atom. The van der Waals surface area contributed by atoms with E-state index in [9.17, 15) is 19.2 Å². The van der Waals surface area contributed by atoms with Crippen molar-refractivity contribution in [2.45, 2.75) is 177 Å². The molecule has 8 nitrogen and oxygen atoms in total. The van der Waals surface area contributed by atoms with E-state index in [2.05, 4.69) is 72.2 Å². The average molecular weight is 763 g/mol. The molecule has 1 saturated heterocycles. The lowest BCUT2D eigenvalue weighted by Crippen LogP contribution is -2.68. The molecular weight excluding hydrogens is 689 g/mol. The first-order valence-corrected chi connectivity index (χ1v) is 22.4. The number of carbonyl (C=O) groups is 4. The van der Waals surface area contributed by atoms with Gasteiger partial charge in [-0.15, -0.1) is 0 Å². The van der Waals surface area contributed by atoms with Crippen LogP contribution in [0, 0.1) is 68.0 Å². The zero-order valence-electron chi connectivity index (χ0n) is 35.7. The number of likely N-dealkylation sites (tertiary alicyclic amines) is 1. The van der Waals surface area contributed by atoms with Gasteiger partial charge >= 0.3 is 11.9 Å². The molecule has 6 aliphatic carbocycles. The Balaban J connectivity index is 1.09. The highest BCUT2D eigenvalue weighted by molar-refractivity contribution is 5.86. The third kappa shape index (κ3) is 6.25. The van der Waals surface area contributed by atoms with Crippen molar-refractivity contribution >= 4 is 23.8 Å². The van der Waals surface area contributed by atoms with Crippen molar-refractivity contribution in [3.63, 3.8) is 0 Å². The molecule has 0 bridgehead atoms. The van der Waals surface area contributed by atoms with Gasteiger partial charge in [0, 0.05) is 43.3 Å². The molecule has 7 rings (SSSR count). The molecule has 0 aromatic rings. The second kappa shape index (κ2) is 14.2. The Kier molecular flexibility index (Phi) is 10.5. The van der Waals surface area contributed by atoms with Crippen molar-refractivity contribution in [2.75, 3.05) is 13.1 Å². The van der Waals surface area contributed by atoms with Crippen LogP contribution in [0.3, 0.4) is 0 Å². The number of hydrogen-bond acceptors (Lipinski definition) is 5. The lowest BCUT2D eigenvalue weighted by molar-refractivity contribution is -0.249. The average Bonchev–Trinajstić information content (AvgIpc) is 3.53. The highest BCUT2D eigenvalue weighted by atomic mass is 16.5. The van der Waals surface area contributed by atoms with Gasteiger partial charge in [0.2, 0.25) is 11.8 Å². The van der Waals surface area contributed by atoms with Crippen LogP contribution in [0.1, 0.15) is 165 Å². The first-order valence-electron chi connectivity index (χ1n) is 22.4. The van der Waals surface area contributed by atoms with Crippen molar-refractivity contribution in [1.29, 1.82) is 0 Å². The fraction of sp³-hybridized carbons (Fsp3) is 0.872. The van der Waals surface area contributed by atoms with Gasteiger partial charge in [0.05, 0.1) is 5.41 Å². The number of ether oxygens (including phenoxy) is 1. The number of piperidine rings is 1. The number of amides is 2. The Bertz CT molecular complexity index is 1560. The third-order valence-electron chi connectivity index (χ3n) is 19.0. The van der Waals surface area contributed by atoms with Crippen LogP contribution in [0.5, 0.6) is 0 Å². The van der Waals surface area contributed by atoms with E-state index < -0.39 is 5.97 Å². The molecule has 1 heterocycles. The Labute approximate surface area is 332 Å². The van der Waals surface area contributed by atoms with Crippen molar-refractivity contribution in [1.82, 2.24) is 10.2 Å². The molecular formula is C47H74N2O6. The molecule has 0 spiro atoms. The molecule has 55 heavy (non-hydrogen) atoms. The van der Waals surface area contributed by atoms with Crippen LogP contribution in [0.15, 0.2) is 12.2 Å². The molecule has 1 aliphatic heterocycles. The highest BCUT2D eigenvalue weighted by Crippen LogP contribution is 2.77. The van der Waals surface area contributed by atoms with E-state index in [1.807, 2.05) is 0 Å². The number of nitrogens with one attached hydrogen (secondary N) is 1. The fourth-order valence-electron chi connectivity index (χ4n) is 15.5. The number of esters is 1. The molecule has 6 saturated carbocycles. The van der Waals surface area contributed by atoms with E-state index in [0.717, 1.165) is 90.1 Å². The summed E-state index contributed by atoms with van der Waals surface area (Å²) in [4.78, 5) is 54.6. The van der Waals surface area contributed by atoms with Gasteiger partial charge < -0.3 is 20.1 Å².